The highest BCUT2D eigenvalue weighted by molar-refractivity contribution is 6.74. The lowest BCUT2D eigenvalue weighted by Gasteiger charge is -2.36. The fourth-order valence-corrected chi connectivity index (χ4v) is 6.38. The molecule has 0 aromatic heterocycles. The maximum absolute atomic E-state index is 11.1. The van der Waals surface area contributed by atoms with Gasteiger partial charge in [0.25, 0.3) is 0 Å². The maximum atomic E-state index is 11.1. The fourth-order valence-electron chi connectivity index (χ4n) is 5.32. The number of hydrogen-bond donors (Lipinski definition) is 0. The molecule has 4 heteroatoms. The summed E-state index contributed by atoms with van der Waals surface area (Å²) in [6.07, 6.45) is 13.4. The van der Waals surface area contributed by atoms with Crippen LogP contribution in [0, 0.1) is 47.3 Å². The standard InChI is InChI=1S/C25H40O3Si/c1-25(2,3)29(5,6)28-15-17-12-19(17)21-14-23(21)22-13-20(22)18-11-16(18)9-7-8-10-24(26)27-4/h7-10,16-23H,11-15H2,1-6H3/b9-7-,10-8+/t16-,17+,18-,19-,20+,21+,22-,23-/m1/s1. The van der Waals surface area contributed by atoms with Gasteiger partial charge in [-0.3, -0.25) is 0 Å². The average molecular weight is 417 g/mol. The lowest BCUT2D eigenvalue weighted by molar-refractivity contribution is -0.134. The number of hydrogen-bond acceptors (Lipinski definition) is 3. The van der Waals surface area contributed by atoms with Crippen molar-refractivity contribution in [2.75, 3.05) is 13.7 Å². The van der Waals surface area contributed by atoms with Crippen molar-refractivity contribution in [3.63, 3.8) is 0 Å². The van der Waals surface area contributed by atoms with Crippen LogP contribution in [0.4, 0.5) is 0 Å². The molecule has 4 aliphatic rings. The molecule has 0 unspecified atom stereocenters. The lowest BCUT2D eigenvalue weighted by Crippen LogP contribution is -2.41. The van der Waals surface area contributed by atoms with Crippen LogP contribution in [0.3, 0.4) is 0 Å². The van der Waals surface area contributed by atoms with E-state index in [1.54, 1.807) is 0 Å². The quantitative estimate of drug-likeness (QED) is 0.205. The molecule has 0 bridgehead atoms. The molecule has 0 spiro atoms. The number of methoxy groups -OCH3 is 1. The van der Waals surface area contributed by atoms with Crippen LogP contribution in [0.15, 0.2) is 24.3 Å². The van der Waals surface area contributed by atoms with Crippen LogP contribution in [-0.2, 0) is 14.0 Å². The number of allylic oxidation sites excluding steroid dienone is 3. The fraction of sp³-hybridized carbons (Fsp3) is 0.800. The summed E-state index contributed by atoms with van der Waals surface area (Å²) in [4.78, 5) is 11.1. The van der Waals surface area contributed by atoms with Gasteiger partial charge in [0.2, 0.25) is 0 Å². The van der Waals surface area contributed by atoms with Gasteiger partial charge >= 0.3 is 5.97 Å². The van der Waals surface area contributed by atoms with Gasteiger partial charge in [-0.1, -0.05) is 39.0 Å². The lowest BCUT2D eigenvalue weighted by atomic mass is 10.1. The highest BCUT2D eigenvalue weighted by Gasteiger charge is 2.63. The molecule has 29 heavy (non-hydrogen) atoms. The third kappa shape index (κ3) is 4.90. The van der Waals surface area contributed by atoms with Gasteiger partial charge in [0, 0.05) is 12.7 Å². The van der Waals surface area contributed by atoms with E-state index in [9.17, 15) is 4.79 Å². The third-order valence-electron chi connectivity index (χ3n) is 8.67. The van der Waals surface area contributed by atoms with Gasteiger partial charge in [-0.25, -0.2) is 4.79 Å². The molecule has 0 radical (unpaired) electrons. The van der Waals surface area contributed by atoms with Gasteiger partial charge in [0.05, 0.1) is 7.11 Å². The first-order chi connectivity index (χ1) is 13.6. The Morgan fingerprint density at radius 2 is 1.55 bits per heavy atom. The van der Waals surface area contributed by atoms with E-state index >= 15 is 0 Å². The van der Waals surface area contributed by atoms with Crippen molar-refractivity contribution < 1.29 is 14.0 Å². The summed E-state index contributed by atoms with van der Waals surface area (Å²) >= 11 is 0. The van der Waals surface area contributed by atoms with Gasteiger partial charge in [-0.15, -0.1) is 0 Å². The molecule has 0 heterocycles. The molecule has 8 atom stereocenters. The largest absolute Gasteiger partial charge is 0.466 e. The third-order valence-corrected chi connectivity index (χ3v) is 13.2. The highest BCUT2D eigenvalue weighted by atomic mass is 28.4. The number of esters is 1. The second-order valence-corrected chi connectivity index (χ2v) is 16.5. The summed E-state index contributed by atoms with van der Waals surface area (Å²) in [7, 11) is -0.169. The molecule has 4 fully saturated rings. The zero-order valence-corrected chi connectivity index (χ0v) is 20.2. The van der Waals surface area contributed by atoms with E-state index in [-0.39, 0.29) is 5.97 Å². The van der Waals surface area contributed by atoms with Crippen LogP contribution in [0.2, 0.25) is 18.1 Å². The average Bonchev–Trinajstić information content (AvgIpc) is 3.49. The monoisotopic (exact) mass is 416 g/mol. The van der Waals surface area contributed by atoms with Gasteiger partial charge in [-0.2, -0.15) is 0 Å². The molecule has 0 N–H and O–H groups in total. The van der Waals surface area contributed by atoms with E-state index in [1.807, 2.05) is 12.2 Å². The van der Waals surface area contributed by atoms with Crippen molar-refractivity contribution in [2.45, 2.75) is 64.6 Å². The molecular formula is C25H40O3Si. The minimum atomic E-state index is -1.58. The Labute approximate surface area is 178 Å². The van der Waals surface area contributed by atoms with Crippen LogP contribution < -0.4 is 0 Å². The maximum Gasteiger partial charge on any atom is 0.330 e. The molecule has 162 valence electrons. The van der Waals surface area contributed by atoms with Gasteiger partial charge < -0.3 is 9.16 Å². The first kappa shape index (κ1) is 21.4. The number of ether oxygens (including phenoxy) is 1. The zero-order chi connectivity index (χ0) is 21.0. The van der Waals surface area contributed by atoms with Crippen molar-refractivity contribution in [1.82, 2.24) is 0 Å². The van der Waals surface area contributed by atoms with Crippen molar-refractivity contribution >= 4 is 14.3 Å². The summed E-state index contributed by atoms with van der Waals surface area (Å²) in [6, 6.07) is 0. The second kappa shape index (κ2) is 7.67. The van der Waals surface area contributed by atoms with Crippen LogP contribution in [0.1, 0.15) is 46.5 Å². The van der Waals surface area contributed by atoms with Gasteiger partial charge in [-0.05, 0) is 91.2 Å². The minimum Gasteiger partial charge on any atom is -0.466 e. The van der Waals surface area contributed by atoms with Gasteiger partial charge in [0.1, 0.15) is 0 Å². The Kier molecular flexibility index (Phi) is 5.65. The van der Waals surface area contributed by atoms with Gasteiger partial charge in [0.15, 0.2) is 8.32 Å². The molecule has 4 aliphatic carbocycles. The molecule has 0 amide bonds. The Balaban J connectivity index is 1.14. The van der Waals surface area contributed by atoms with E-state index in [1.165, 1.54) is 38.9 Å². The second-order valence-electron chi connectivity index (χ2n) is 11.7. The molecule has 0 aromatic carbocycles. The molecular weight excluding hydrogens is 376 g/mol. The molecule has 0 saturated heterocycles. The normalized spacial score (nSPS) is 41.0. The predicted octanol–water partition coefficient (Wildman–Crippen LogP) is 5.84. The zero-order valence-electron chi connectivity index (χ0n) is 19.2. The molecule has 0 aliphatic heterocycles. The van der Waals surface area contributed by atoms with E-state index in [0.717, 1.165) is 54.0 Å². The predicted molar refractivity (Wildman–Crippen MR) is 120 cm³/mol. The Morgan fingerprint density at radius 1 is 0.931 bits per heavy atom. The van der Waals surface area contributed by atoms with E-state index in [0.29, 0.717) is 5.04 Å². The summed E-state index contributed by atoms with van der Waals surface area (Å²) in [5.74, 6) is 7.29. The number of rotatable bonds is 9. The number of carbonyl (C=O) groups excluding carboxylic acids is 1. The summed E-state index contributed by atoms with van der Waals surface area (Å²) in [5, 5.41) is 0.324. The van der Waals surface area contributed by atoms with Crippen molar-refractivity contribution in [3.05, 3.63) is 24.3 Å². The highest BCUT2D eigenvalue weighted by Crippen LogP contribution is 2.70. The van der Waals surface area contributed by atoms with E-state index < -0.39 is 8.32 Å². The topological polar surface area (TPSA) is 35.5 Å². The van der Waals surface area contributed by atoms with Crippen LogP contribution in [0.25, 0.3) is 0 Å². The molecule has 4 saturated carbocycles. The van der Waals surface area contributed by atoms with Crippen LogP contribution >= 0.6 is 0 Å². The number of carbonyl (C=O) groups is 1. The Bertz CT molecular complexity index is 689. The first-order valence-corrected chi connectivity index (χ1v) is 14.6. The molecule has 3 nitrogen and oxygen atoms in total. The van der Waals surface area contributed by atoms with Crippen LogP contribution in [0.5, 0.6) is 0 Å². The molecule has 0 aromatic rings. The summed E-state index contributed by atoms with van der Waals surface area (Å²) in [5.41, 5.74) is 0. The minimum absolute atomic E-state index is 0.280. The van der Waals surface area contributed by atoms with E-state index in [2.05, 4.69) is 44.7 Å². The smallest absolute Gasteiger partial charge is 0.330 e. The first-order valence-electron chi connectivity index (χ1n) is 11.7. The Morgan fingerprint density at radius 3 is 2.17 bits per heavy atom. The SMILES string of the molecule is COC(=O)/C=C/C=C\[C@@H]1C[C@H]1[C@@H]1C[C@H]1[C@@H]1C[C@H]1[C@@H]1C[C@H]1CO[Si](C)(C)C(C)(C)C. The Hall–Kier alpha value is -0.873. The van der Waals surface area contributed by atoms with E-state index in [4.69, 9.17) is 4.43 Å². The van der Waals surface area contributed by atoms with Crippen molar-refractivity contribution in [1.29, 1.82) is 0 Å². The van der Waals surface area contributed by atoms with Crippen LogP contribution in [-0.4, -0.2) is 28.0 Å². The van der Waals surface area contributed by atoms with Crippen molar-refractivity contribution in [3.8, 4) is 0 Å². The molecule has 4 rings (SSSR count). The summed E-state index contributed by atoms with van der Waals surface area (Å²) < 4.78 is 11.1. The van der Waals surface area contributed by atoms with Crippen molar-refractivity contribution in [2.24, 2.45) is 47.3 Å². The summed E-state index contributed by atoms with van der Waals surface area (Å²) in [6.45, 7) is 12.8.